The van der Waals surface area contributed by atoms with Gasteiger partial charge in [0.15, 0.2) is 0 Å². The summed E-state index contributed by atoms with van der Waals surface area (Å²) in [5, 5.41) is 11.8. The number of aryl methyl sites for hydroxylation is 1. The van der Waals surface area contributed by atoms with Crippen LogP contribution < -0.4 is 10.1 Å². The molecule has 0 bridgehead atoms. The zero-order valence-electron chi connectivity index (χ0n) is 15.5. The first kappa shape index (κ1) is 19.0. The Balaban J connectivity index is 1.74. The van der Waals surface area contributed by atoms with Crippen LogP contribution in [0.15, 0.2) is 48.5 Å². The second-order valence-electron chi connectivity index (χ2n) is 7.06. The lowest BCUT2D eigenvalue weighted by Crippen LogP contribution is -2.37. The predicted octanol–water partition coefficient (Wildman–Crippen LogP) is 4.16. The highest BCUT2D eigenvalue weighted by Gasteiger charge is 2.42. The number of carbonyl (C=O) groups is 2. The molecule has 5 nitrogen and oxygen atoms in total. The minimum Gasteiger partial charge on any atom is -0.497 e. The molecule has 2 aromatic rings. The Kier molecular flexibility index (Phi) is 5.79. The van der Waals surface area contributed by atoms with Crippen LogP contribution in [0.5, 0.6) is 5.75 Å². The summed E-state index contributed by atoms with van der Waals surface area (Å²) in [6.45, 7) is 0. The molecule has 1 aliphatic rings. The molecule has 0 saturated heterocycles. The Hall–Kier alpha value is -2.82. The fourth-order valence-electron chi connectivity index (χ4n) is 3.79. The van der Waals surface area contributed by atoms with Crippen LogP contribution in [-0.2, 0) is 21.4 Å². The van der Waals surface area contributed by atoms with Crippen molar-refractivity contribution >= 4 is 17.6 Å². The van der Waals surface area contributed by atoms with Crippen molar-refractivity contribution in [2.24, 2.45) is 0 Å². The van der Waals surface area contributed by atoms with E-state index in [-0.39, 0.29) is 12.3 Å². The fourth-order valence-corrected chi connectivity index (χ4v) is 3.79. The largest absolute Gasteiger partial charge is 0.497 e. The van der Waals surface area contributed by atoms with Gasteiger partial charge < -0.3 is 15.2 Å². The van der Waals surface area contributed by atoms with Crippen molar-refractivity contribution in [1.29, 1.82) is 0 Å². The van der Waals surface area contributed by atoms with Crippen molar-refractivity contribution < 1.29 is 19.4 Å². The summed E-state index contributed by atoms with van der Waals surface area (Å²) in [6, 6.07) is 15.2. The molecule has 0 aliphatic heterocycles. The maximum atomic E-state index is 13.2. The highest BCUT2D eigenvalue weighted by atomic mass is 16.5. The van der Waals surface area contributed by atoms with Crippen LogP contribution in [0.2, 0.25) is 0 Å². The molecule has 3 rings (SSSR count). The zero-order chi connectivity index (χ0) is 19.3. The number of methoxy groups -OCH3 is 1. The molecule has 2 N–H and O–H groups in total. The van der Waals surface area contributed by atoms with Gasteiger partial charge >= 0.3 is 5.97 Å². The Morgan fingerprint density at radius 3 is 2.22 bits per heavy atom. The van der Waals surface area contributed by atoms with Crippen LogP contribution in [0.4, 0.5) is 5.69 Å². The molecule has 0 spiro atoms. The van der Waals surface area contributed by atoms with E-state index >= 15 is 0 Å². The smallest absolute Gasteiger partial charge is 0.303 e. The zero-order valence-corrected chi connectivity index (χ0v) is 15.5. The third kappa shape index (κ3) is 4.30. The first-order valence-electron chi connectivity index (χ1n) is 9.30. The third-order valence-corrected chi connectivity index (χ3v) is 5.37. The molecule has 0 radical (unpaired) electrons. The highest BCUT2D eigenvalue weighted by Crippen LogP contribution is 2.42. The number of anilines is 1. The van der Waals surface area contributed by atoms with E-state index in [1.54, 1.807) is 7.11 Å². The van der Waals surface area contributed by atoms with Gasteiger partial charge in [-0.25, -0.2) is 0 Å². The number of amides is 1. The first-order valence-corrected chi connectivity index (χ1v) is 9.30. The lowest BCUT2D eigenvalue weighted by molar-refractivity contribution is -0.137. The summed E-state index contributed by atoms with van der Waals surface area (Å²) >= 11 is 0. The van der Waals surface area contributed by atoms with Gasteiger partial charge in [-0.15, -0.1) is 0 Å². The number of nitrogens with one attached hydrogen (secondary N) is 1. The Bertz CT molecular complexity index is 790. The average Bonchev–Trinajstić information content (AvgIpc) is 3.19. The standard InChI is InChI=1S/C22H25NO4/c1-27-19-11-7-17(8-12-19)22(14-2-3-15-22)21(26)23-18-9-4-16(5-10-18)6-13-20(24)25/h4-5,7-12H,2-3,6,13-15H2,1H3,(H,23,26)(H,24,25). The van der Waals surface area contributed by atoms with Gasteiger partial charge in [0.1, 0.15) is 5.75 Å². The van der Waals surface area contributed by atoms with Crippen molar-refractivity contribution in [3.8, 4) is 5.75 Å². The monoisotopic (exact) mass is 367 g/mol. The summed E-state index contributed by atoms with van der Waals surface area (Å²) in [7, 11) is 1.63. The molecule has 0 heterocycles. The maximum Gasteiger partial charge on any atom is 0.303 e. The quantitative estimate of drug-likeness (QED) is 0.770. The molecule has 2 aromatic carbocycles. The van der Waals surface area contributed by atoms with Crippen molar-refractivity contribution in [2.75, 3.05) is 12.4 Å². The molecule has 0 unspecified atom stereocenters. The molecule has 142 valence electrons. The van der Waals surface area contributed by atoms with E-state index in [0.717, 1.165) is 48.2 Å². The van der Waals surface area contributed by atoms with Crippen molar-refractivity contribution in [3.05, 3.63) is 59.7 Å². The van der Waals surface area contributed by atoms with E-state index in [4.69, 9.17) is 9.84 Å². The second kappa shape index (κ2) is 8.25. The molecule has 0 aromatic heterocycles. The summed E-state index contributed by atoms with van der Waals surface area (Å²) in [5.41, 5.74) is 2.20. The third-order valence-electron chi connectivity index (χ3n) is 5.37. The van der Waals surface area contributed by atoms with E-state index in [1.165, 1.54) is 0 Å². The molecule has 27 heavy (non-hydrogen) atoms. The van der Waals surface area contributed by atoms with Gasteiger partial charge in [-0.1, -0.05) is 37.1 Å². The van der Waals surface area contributed by atoms with E-state index in [0.29, 0.717) is 6.42 Å². The lowest BCUT2D eigenvalue weighted by atomic mass is 9.78. The van der Waals surface area contributed by atoms with Crippen LogP contribution in [-0.4, -0.2) is 24.1 Å². The van der Waals surface area contributed by atoms with Crippen LogP contribution in [0, 0.1) is 0 Å². The number of hydrogen-bond acceptors (Lipinski definition) is 3. The van der Waals surface area contributed by atoms with Crippen LogP contribution in [0.25, 0.3) is 0 Å². The maximum absolute atomic E-state index is 13.2. The summed E-state index contributed by atoms with van der Waals surface area (Å²) in [6.07, 6.45) is 4.33. The molecule has 5 heteroatoms. The van der Waals surface area contributed by atoms with Crippen molar-refractivity contribution in [3.63, 3.8) is 0 Å². The van der Waals surface area contributed by atoms with Crippen LogP contribution >= 0.6 is 0 Å². The minimum atomic E-state index is -0.810. The molecule has 0 atom stereocenters. The molecule has 1 amide bonds. The van der Waals surface area contributed by atoms with Gasteiger partial charge in [-0.3, -0.25) is 9.59 Å². The van der Waals surface area contributed by atoms with Gasteiger partial charge in [0.25, 0.3) is 0 Å². The van der Waals surface area contributed by atoms with E-state index in [2.05, 4.69) is 5.32 Å². The van der Waals surface area contributed by atoms with E-state index in [1.807, 2.05) is 48.5 Å². The summed E-state index contributed by atoms with van der Waals surface area (Å²) < 4.78 is 5.23. The second-order valence-corrected chi connectivity index (χ2v) is 7.06. The average molecular weight is 367 g/mol. The topological polar surface area (TPSA) is 75.6 Å². The normalized spacial score (nSPS) is 15.3. The number of carbonyl (C=O) groups excluding carboxylic acids is 1. The van der Waals surface area contributed by atoms with Crippen LogP contribution in [0.3, 0.4) is 0 Å². The molecular formula is C22H25NO4. The van der Waals surface area contributed by atoms with Gasteiger partial charge in [0.2, 0.25) is 5.91 Å². The molecule has 1 saturated carbocycles. The fraction of sp³-hybridized carbons (Fsp3) is 0.364. The number of benzene rings is 2. The first-order chi connectivity index (χ1) is 13.0. The lowest BCUT2D eigenvalue weighted by Gasteiger charge is -2.28. The number of carboxylic acid groups (broad SMARTS) is 1. The van der Waals surface area contributed by atoms with E-state index < -0.39 is 11.4 Å². The van der Waals surface area contributed by atoms with Gasteiger partial charge in [-0.05, 0) is 54.7 Å². The summed E-state index contributed by atoms with van der Waals surface area (Å²) in [4.78, 5) is 23.8. The number of carboxylic acids is 1. The van der Waals surface area contributed by atoms with Crippen molar-refractivity contribution in [2.45, 2.75) is 43.9 Å². The number of hydrogen-bond donors (Lipinski definition) is 2. The van der Waals surface area contributed by atoms with Gasteiger partial charge in [0, 0.05) is 12.1 Å². The number of ether oxygens (including phenoxy) is 1. The van der Waals surface area contributed by atoms with Gasteiger partial charge in [0.05, 0.1) is 12.5 Å². The number of aliphatic carboxylic acids is 1. The van der Waals surface area contributed by atoms with Gasteiger partial charge in [-0.2, -0.15) is 0 Å². The highest BCUT2D eigenvalue weighted by molar-refractivity contribution is 5.99. The van der Waals surface area contributed by atoms with E-state index in [9.17, 15) is 9.59 Å². The molecule has 1 fully saturated rings. The Labute approximate surface area is 159 Å². The van der Waals surface area contributed by atoms with Crippen LogP contribution in [0.1, 0.15) is 43.2 Å². The Morgan fingerprint density at radius 1 is 1.04 bits per heavy atom. The SMILES string of the molecule is COc1ccc(C2(C(=O)Nc3ccc(CCC(=O)O)cc3)CCCC2)cc1. The minimum absolute atomic E-state index is 0.0171. The Morgan fingerprint density at radius 2 is 1.67 bits per heavy atom. The number of rotatable bonds is 7. The summed E-state index contributed by atoms with van der Waals surface area (Å²) in [5.74, 6) is -0.0113. The molecular weight excluding hydrogens is 342 g/mol. The predicted molar refractivity (Wildman–Crippen MR) is 104 cm³/mol. The van der Waals surface area contributed by atoms with Crippen molar-refractivity contribution in [1.82, 2.24) is 0 Å². The molecule has 1 aliphatic carbocycles.